The molecular weight excluding hydrogens is 384 g/mol. The van der Waals surface area contributed by atoms with Crippen molar-refractivity contribution in [3.05, 3.63) is 66.0 Å². The number of aromatic nitrogens is 2. The first-order chi connectivity index (χ1) is 14.4. The van der Waals surface area contributed by atoms with Gasteiger partial charge < -0.3 is 15.4 Å². The van der Waals surface area contributed by atoms with Gasteiger partial charge in [0.05, 0.1) is 28.5 Å². The minimum absolute atomic E-state index is 0.00923. The third kappa shape index (κ3) is 5.38. The summed E-state index contributed by atoms with van der Waals surface area (Å²) in [5.74, 6) is -1.32. The van der Waals surface area contributed by atoms with Gasteiger partial charge in [0.25, 0.3) is 11.8 Å². The fraction of sp³-hybridized carbons (Fsp3) is 0.227. The van der Waals surface area contributed by atoms with Crippen LogP contribution in [0.4, 0.5) is 5.69 Å². The molecule has 0 aliphatic heterocycles. The Balaban J connectivity index is 1.60. The van der Waals surface area contributed by atoms with Crippen molar-refractivity contribution in [1.29, 1.82) is 0 Å². The quantitative estimate of drug-likeness (QED) is 0.584. The molecule has 1 aromatic heterocycles. The van der Waals surface area contributed by atoms with Crippen LogP contribution in [0.1, 0.15) is 34.7 Å². The van der Waals surface area contributed by atoms with Crippen LogP contribution >= 0.6 is 0 Å². The van der Waals surface area contributed by atoms with Crippen LogP contribution in [0.15, 0.2) is 54.7 Å². The van der Waals surface area contributed by atoms with Gasteiger partial charge in [-0.15, -0.1) is 0 Å². The second kappa shape index (κ2) is 9.60. The van der Waals surface area contributed by atoms with Gasteiger partial charge in [-0.1, -0.05) is 38.1 Å². The summed E-state index contributed by atoms with van der Waals surface area (Å²) in [7, 11) is 0. The van der Waals surface area contributed by atoms with E-state index in [0.717, 1.165) is 0 Å². The fourth-order valence-corrected chi connectivity index (χ4v) is 2.63. The number of nitrogens with zero attached hydrogens (tertiary/aromatic N) is 2. The Hall–Kier alpha value is -3.81. The average Bonchev–Trinajstić information content (AvgIpc) is 2.75. The van der Waals surface area contributed by atoms with Gasteiger partial charge in [0, 0.05) is 6.54 Å². The number of carbonyl (C=O) groups is 3. The smallest absolute Gasteiger partial charge is 0.359 e. The third-order valence-corrected chi connectivity index (χ3v) is 4.11. The lowest BCUT2D eigenvalue weighted by Crippen LogP contribution is -2.29. The molecule has 2 aromatic carbocycles. The van der Waals surface area contributed by atoms with Gasteiger partial charge in [-0.25, -0.2) is 9.78 Å². The molecule has 0 aliphatic carbocycles. The van der Waals surface area contributed by atoms with Crippen LogP contribution < -0.4 is 10.6 Å². The van der Waals surface area contributed by atoms with Crippen molar-refractivity contribution in [2.75, 3.05) is 18.5 Å². The SMILES string of the molecule is CC(C)CNC(=O)c1ccccc1NC(=O)COC(=O)c1cnc2ccccc2n1. The Bertz CT molecular complexity index is 1080. The number of ether oxygens (including phenoxy) is 1. The van der Waals surface area contributed by atoms with Crippen molar-refractivity contribution in [2.45, 2.75) is 13.8 Å². The van der Waals surface area contributed by atoms with Gasteiger partial charge in [0.1, 0.15) is 0 Å². The van der Waals surface area contributed by atoms with E-state index in [1.165, 1.54) is 6.20 Å². The van der Waals surface area contributed by atoms with Gasteiger partial charge in [-0.3, -0.25) is 14.6 Å². The molecule has 0 saturated heterocycles. The lowest BCUT2D eigenvalue weighted by atomic mass is 10.1. The number of carbonyl (C=O) groups excluding carboxylic acids is 3. The zero-order chi connectivity index (χ0) is 21.5. The monoisotopic (exact) mass is 406 g/mol. The second-order valence-electron chi connectivity index (χ2n) is 7.02. The predicted molar refractivity (Wildman–Crippen MR) is 112 cm³/mol. The molecule has 2 amide bonds. The molecule has 0 aliphatic rings. The van der Waals surface area contributed by atoms with E-state index in [1.807, 2.05) is 19.9 Å². The van der Waals surface area contributed by atoms with Gasteiger partial charge in [0.15, 0.2) is 12.3 Å². The van der Waals surface area contributed by atoms with E-state index in [4.69, 9.17) is 4.74 Å². The molecule has 0 unspecified atom stereocenters. The molecule has 0 saturated carbocycles. The molecule has 0 bridgehead atoms. The van der Waals surface area contributed by atoms with Crippen LogP contribution in [0.3, 0.4) is 0 Å². The normalized spacial score (nSPS) is 10.6. The Kier molecular flexibility index (Phi) is 6.69. The van der Waals surface area contributed by atoms with E-state index in [-0.39, 0.29) is 11.6 Å². The molecule has 30 heavy (non-hydrogen) atoms. The van der Waals surface area contributed by atoms with Crippen LogP contribution in [0.5, 0.6) is 0 Å². The van der Waals surface area contributed by atoms with E-state index >= 15 is 0 Å². The minimum Gasteiger partial charge on any atom is -0.451 e. The van der Waals surface area contributed by atoms with E-state index < -0.39 is 18.5 Å². The van der Waals surface area contributed by atoms with Crippen molar-refractivity contribution >= 4 is 34.5 Å². The Labute approximate surface area is 173 Å². The van der Waals surface area contributed by atoms with Crippen molar-refractivity contribution in [1.82, 2.24) is 15.3 Å². The molecule has 0 radical (unpaired) electrons. The van der Waals surface area contributed by atoms with E-state index in [9.17, 15) is 14.4 Å². The molecular formula is C22H22N4O4. The molecule has 0 atom stereocenters. The fourth-order valence-electron chi connectivity index (χ4n) is 2.63. The highest BCUT2D eigenvalue weighted by Crippen LogP contribution is 2.15. The average molecular weight is 406 g/mol. The summed E-state index contributed by atoms with van der Waals surface area (Å²) in [4.78, 5) is 45.1. The van der Waals surface area contributed by atoms with Gasteiger partial charge in [-0.05, 0) is 30.2 Å². The number of hydrogen-bond donors (Lipinski definition) is 2. The minimum atomic E-state index is -0.758. The maximum atomic E-state index is 12.3. The third-order valence-electron chi connectivity index (χ3n) is 4.11. The van der Waals surface area contributed by atoms with Gasteiger partial charge >= 0.3 is 5.97 Å². The summed E-state index contributed by atoms with van der Waals surface area (Å²) in [6.07, 6.45) is 1.30. The first-order valence-electron chi connectivity index (χ1n) is 9.50. The van der Waals surface area contributed by atoms with Crippen molar-refractivity contribution in [2.24, 2.45) is 5.92 Å². The van der Waals surface area contributed by atoms with E-state index in [0.29, 0.717) is 34.7 Å². The Morgan fingerprint density at radius 2 is 1.70 bits per heavy atom. The molecule has 2 N–H and O–H groups in total. The van der Waals surface area contributed by atoms with Crippen molar-refractivity contribution in [3.8, 4) is 0 Å². The summed E-state index contributed by atoms with van der Waals surface area (Å²) in [6, 6.07) is 13.7. The van der Waals surface area contributed by atoms with Crippen LogP contribution in [0.2, 0.25) is 0 Å². The van der Waals surface area contributed by atoms with Gasteiger partial charge in [-0.2, -0.15) is 0 Å². The molecule has 154 valence electrons. The highest BCUT2D eigenvalue weighted by Gasteiger charge is 2.16. The lowest BCUT2D eigenvalue weighted by Gasteiger charge is -2.12. The summed E-state index contributed by atoms with van der Waals surface area (Å²) in [5.41, 5.74) is 1.88. The van der Waals surface area contributed by atoms with Crippen LogP contribution in [-0.4, -0.2) is 40.9 Å². The Morgan fingerprint density at radius 3 is 2.47 bits per heavy atom. The van der Waals surface area contributed by atoms with E-state index in [1.54, 1.807) is 42.5 Å². The molecule has 0 fully saturated rings. The number of benzene rings is 2. The molecule has 0 spiro atoms. The molecule has 8 nitrogen and oxygen atoms in total. The lowest BCUT2D eigenvalue weighted by molar-refractivity contribution is -0.119. The number of anilines is 1. The van der Waals surface area contributed by atoms with E-state index in [2.05, 4.69) is 20.6 Å². The summed E-state index contributed by atoms with van der Waals surface area (Å²) in [6.45, 7) is 3.98. The zero-order valence-electron chi connectivity index (χ0n) is 16.7. The zero-order valence-corrected chi connectivity index (χ0v) is 16.7. The highest BCUT2D eigenvalue weighted by molar-refractivity contribution is 6.04. The predicted octanol–water partition coefficient (Wildman–Crippen LogP) is 2.81. The number of amides is 2. The van der Waals surface area contributed by atoms with Crippen LogP contribution in [0, 0.1) is 5.92 Å². The number of hydrogen-bond acceptors (Lipinski definition) is 6. The first kappa shape index (κ1) is 20.9. The molecule has 1 heterocycles. The number of esters is 1. The first-order valence-corrected chi connectivity index (χ1v) is 9.50. The molecule has 8 heteroatoms. The second-order valence-corrected chi connectivity index (χ2v) is 7.02. The van der Waals surface area contributed by atoms with Gasteiger partial charge in [0.2, 0.25) is 0 Å². The number of nitrogens with one attached hydrogen (secondary N) is 2. The van der Waals surface area contributed by atoms with Crippen LogP contribution in [0.25, 0.3) is 11.0 Å². The summed E-state index contributed by atoms with van der Waals surface area (Å²) in [5, 5.41) is 5.41. The summed E-state index contributed by atoms with van der Waals surface area (Å²) < 4.78 is 5.04. The number of fused-ring (bicyclic) bond motifs is 1. The topological polar surface area (TPSA) is 110 Å². The maximum Gasteiger partial charge on any atom is 0.359 e. The summed E-state index contributed by atoms with van der Waals surface area (Å²) >= 11 is 0. The highest BCUT2D eigenvalue weighted by atomic mass is 16.5. The Morgan fingerprint density at radius 1 is 1.00 bits per heavy atom. The largest absolute Gasteiger partial charge is 0.451 e. The van der Waals surface area contributed by atoms with Crippen molar-refractivity contribution < 1.29 is 19.1 Å². The maximum absolute atomic E-state index is 12.3. The molecule has 3 rings (SSSR count). The molecule has 3 aromatic rings. The van der Waals surface area contributed by atoms with Crippen LogP contribution in [-0.2, 0) is 9.53 Å². The number of rotatable bonds is 7. The number of para-hydroxylation sites is 3. The van der Waals surface area contributed by atoms with Crippen molar-refractivity contribution in [3.63, 3.8) is 0 Å². The standard InChI is InChI=1S/C22H22N4O4/c1-14(2)11-24-21(28)15-7-3-4-8-16(15)26-20(27)13-30-22(29)19-12-23-17-9-5-6-10-18(17)25-19/h3-10,12,14H,11,13H2,1-2H3,(H,24,28)(H,26,27).